The van der Waals surface area contributed by atoms with E-state index in [-0.39, 0.29) is 0 Å². The first kappa shape index (κ1) is 15.6. The summed E-state index contributed by atoms with van der Waals surface area (Å²) in [5.41, 5.74) is 10.1. The maximum atomic E-state index is 6.08. The highest BCUT2D eigenvalue weighted by molar-refractivity contribution is 5.82. The van der Waals surface area contributed by atoms with Crippen molar-refractivity contribution in [2.24, 2.45) is 0 Å². The monoisotopic (exact) mass is 327 g/mol. The number of hydrogen-bond donors (Lipinski definition) is 0. The summed E-state index contributed by atoms with van der Waals surface area (Å²) in [5, 5.41) is 0. The highest BCUT2D eigenvalue weighted by Gasteiger charge is 2.10. The van der Waals surface area contributed by atoms with E-state index in [0.29, 0.717) is 5.89 Å². The van der Waals surface area contributed by atoms with Crippen LogP contribution in [0, 0.1) is 27.7 Å². The first-order valence-corrected chi connectivity index (χ1v) is 8.56. The summed E-state index contributed by atoms with van der Waals surface area (Å²) in [6.45, 7) is 8.44. The number of nitrogens with zero attached hydrogens (tertiary/aromatic N) is 1. The largest absolute Gasteiger partial charge is 0.436 e. The van der Waals surface area contributed by atoms with Gasteiger partial charge in [-0.15, -0.1) is 0 Å². The van der Waals surface area contributed by atoms with E-state index < -0.39 is 0 Å². The van der Waals surface area contributed by atoms with E-state index in [9.17, 15) is 0 Å². The van der Waals surface area contributed by atoms with E-state index in [2.05, 4.69) is 81.2 Å². The number of rotatable bonds is 2. The molecule has 0 aliphatic rings. The Bertz CT molecular complexity index is 999. The van der Waals surface area contributed by atoms with Crippen molar-refractivity contribution in [3.63, 3.8) is 0 Å². The lowest BCUT2D eigenvalue weighted by molar-refractivity contribution is 0.620. The van der Waals surface area contributed by atoms with Crippen LogP contribution in [0.15, 0.2) is 59.0 Å². The third kappa shape index (κ3) is 3.08. The van der Waals surface area contributed by atoms with Crippen LogP contribution in [0.25, 0.3) is 33.7 Å². The van der Waals surface area contributed by atoms with Crippen LogP contribution < -0.4 is 0 Å². The lowest BCUT2D eigenvalue weighted by Gasteiger charge is -2.05. The van der Waals surface area contributed by atoms with Crippen molar-refractivity contribution in [1.82, 2.24) is 4.98 Å². The van der Waals surface area contributed by atoms with Crippen molar-refractivity contribution in [3.05, 3.63) is 76.9 Å². The molecule has 0 saturated heterocycles. The number of aromatic nitrogens is 1. The quantitative estimate of drug-likeness (QED) is 0.426. The average molecular weight is 327 g/mol. The molecule has 2 nitrogen and oxygen atoms in total. The maximum absolute atomic E-state index is 6.08. The van der Waals surface area contributed by atoms with Crippen LogP contribution in [0.3, 0.4) is 0 Å². The van der Waals surface area contributed by atoms with E-state index in [1.54, 1.807) is 0 Å². The maximum Gasteiger partial charge on any atom is 0.227 e. The van der Waals surface area contributed by atoms with Gasteiger partial charge in [-0.05, 0) is 63.1 Å². The molecule has 0 saturated carbocycles. The normalized spacial score (nSPS) is 11.2. The summed E-state index contributed by atoms with van der Waals surface area (Å²) in [6, 6.07) is 19.2. The molecule has 0 aliphatic heterocycles. The van der Waals surface area contributed by atoms with Gasteiger partial charge in [0.25, 0.3) is 0 Å². The highest BCUT2D eigenvalue weighted by atomic mass is 16.3. The van der Waals surface area contributed by atoms with Crippen molar-refractivity contribution >= 4 is 11.1 Å². The molecular formula is C23H21NO. The molecule has 0 atom stereocenters. The van der Waals surface area contributed by atoms with Crippen molar-refractivity contribution in [2.45, 2.75) is 27.7 Å². The Labute approximate surface area is 148 Å². The molecule has 0 fully saturated rings. The second-order valence-electron chi connectivity index (χ2n) is 6.95. The molecule has 0 amide bonds. The molecular weight excluding hydrogens is 306 g/mol. The van der Waals surface area contributed by atoms with E-state index in [4.69, 9.17) is 4.42 Å². The van der Waals surface area contributed by atoms with Crippen molar-refractivity contribution < 1.29 is 4.42 Å². The van der Waals surface area contributed by atoms with Crippen LogP contribution >= 0.6 is 0 Å². The zero-order valence-electron chi connectivity index (χ0n) is 15.1. The van der Waals surface area contributed by atoms with E-state index in [0.717, 1.165) is 22.2 Å². The van der Waals surface area contributed by atoms with Gasteiger partial charge in [-0.1, -0.05) is 52.6 Å². The predicted octanol–water partition coefficient (Wildman–Crippen LogP) is 6.40. The summed E-state index contributed by atoms with van der Waals surface area (Å²) in [4.78, 5) is 4.67. The predicted molar refractivity (Wildman–Crippen MR) is 104 cm³/mol. The Hall–Kier alpha value is -2.87. The summed E-state index contributed by atoms with van der Waals surface area (Å²) in [5.74, 6) is 0.680. The molecule has 0 aliphatic carbocycles. The Morgan fingerprint density at radius 1 is 0.600 bits per heavy atom. The lowest BCUT2D eigenvalue weighted by atomic mass is 10.0. The Balaban J connectivity index is 1.81. The molecule has 25 heavy (non-hydrogen) atoms. The molecule has 124 valence electrons. The second-order valence-corrected chi connectivity index (χ2v) is 6.95. The van der Waals surface area contributed by atoms with Gasteiger partial charge < -0.3 is 4.42 Å². The zero-order valence-corrected chi connectivity index (χ0v) is 15.1. The van der Waals surface area contributed by atoms with Gasteiger partial charge in [-0.25, -0.2) is 4.98 Å². The highest BCUT2D eigenvalue weighted by Crippen LogP contribution is 2.30. The van der Waals surface area contributed by atoms with Crippen molar-refractivity contribution in [2.75, 3.05) is 0 Å². The van der Waals surface area contributed by atoms with Crippen LogP contribution in [0.2, 0.25) is 0 Å². The summed E-state index contributed by atoms with van der Waals surface area (Å²) in [7, 11) is 0. The van der Waals surface area contributed by atoms with E-state index >= 15 is 0 Å². The Morgan fingerprint density at radius 2 is 1.16 bits per heavy atom. The molecule has 0 unspecified atom stereocenters. The number of hydrogen-bond acceptors (Lipinski definition) is 2. The first-order valence-electron chi connectivity index (χ1n) is 8.56. The van der Waals surface area contributed by atoms with Crippen molar-refractivity contribution in [1.29, 1.82) is 0 Å². The van der Waals surface area contributed by atoms with E-state index in [1.807, 2.05) is 6.07 Å². The third-order valence-corrected chi connectivity index (χ3v) is 4.41. The second kappa shape index (κ2) is 5.89. The standard InChI is InChI=1S/C23H21NO/c1-14-7-15(2)10-19(9-14)18-5-6-21-22(13-18)25-23(24-21)20-11-16(3)8-17(4)12-20/h5-13H,1-4H3. The zero-order chi connectivity index (χ0) is 17.6. The minimum absolute atomic E-state index is 0.680. The van der Waals surface area contributed by atoms with Gasteiger partial charge in [-0.2, -0.15) is 0 Å². The molecule has 0 radical (unpaired) electrons. The van der Waals surface area contributed by atoms with Gasteiger partial charge in [-0.3, -0.25) is 0 Å². The van der Waals surface area contributed by atoms with Gasteiger partial charge in [0, 0.05) is 5.56 Å². The third-order valence-electron chi connectivity index (χ3n) is 4.41. The van der Waals surface area contributed by atoms with Gasteiger partial charge in [0.15, 0.2) is 5.58 Å². The molecule has 1 aromatic heterocycles. The number of aryl methyl sites for hydroxylation is 4. The molecule has 0 bridgehead atoms. The SMILES string of the molecule is Cc1cc(C)cc(-c2ccc3nc(-c4cc(C)cc(C)c4)oc3c2)c1. The van der Waals surface area contributed by atoms with Gasteiger partial charge in [0.1, 0.15) is 5.52 Å². The molecule has 3 aromatic carbocycles. The summed E-state index contributed by atoms with van der Waals surface area (Å²) >= 11 is 0. The van der Waals surface area contributed by atoms with Gasteiger partial charge in [0.2, 0.25) is 5.89 Å². The summed E-state index contributed by atoms with van der Waals surface area (Å²) in [6.07, 6.45) is 0. The fourth-order valence-electron chi connectivity index (χ4n) is 3.47. The fraction of sp³-hybridized carbons (Fsp3) is 0.174. The number of oxazole rings is 1. The Kier molecular flexibility index (Phi) is 3.69. The smallest absolute Gasteiger partial charge is 0.227 e. The van der Waals surface area contributed by atoms with E-state index in [1.165, 1.54) is 27.8 Å². The minimum atomic E-state index is 0.680. The van der Waals surface area contributed by atoms with Crippen LogP contribution in [-0.2, 0) is 0 Å². The number of fused-ring (bicyclic) bond motifs is 1. The average Bonchev–Trinajstić information content (AvgIpc) is 2.96. The molecule has 0 spiro atoms. The molecule has 2 heteroatoms. The topological polar surface area (TPSA) is 26.0 Å². The molecule has 1 heterocycles. The molecule has 0 N–H and O–H groups in total. The fourth-order valence-corrected chi connectivity index (χ4v) is 3.47. The Morgan fingerprint density at radius 3 is 1.76 bits per heavy atom. The summed E-state index contributed by atoms with van der Waals surface area (Å²) < 4.78 is 6.08. The van der Waals surface area contributed by atoms with Crippen LogP contribution in [0.5, 0.6) is 0 Å². The molecule has 4 aromatic rings. The number of benzene rings is 3. The van der Waals surface area contributed by atoms with Gasteiger partial charge in [0.05, 0.1) is 0 Å². The van der Waals surface area contributed by atoms with Gasteiger partial charge >= 0.3 is 0 Å². The lowest BCUT2D eigenvalue weighted by Crippen LogP contribution is -1.83. The van der Waals surface area contributed by atoms with Crippen LogP contribution in [-0.4, -0.2) is 4.98 Å². The minimum Gasteiger partial charge on any atom is -0.436 e. The first-order chi connectivity index (χ1) is 12.0. The van der Waals surface area contributed by atoms with Crippen LogP contribution in [0.4, 0.5) is 0 Å². The van der Waals surface area contributed by atoms with Crippen LogP contribution in [0.1, 0.15) is 22.3 Å². The molecule has 4 rings (SSSR count). The van der Waals surface area contributed by atoms with Crippen molar-refractivity contribution in [3.8, 4) is 22.6 Å².